The number of aliphatic hydroxyl groups excluding tert-OH is 1. The molecule has 0 aliphatic rings. The lowest BCUT2D eigenvalue weighted by Gasteiger charge is -2.04. The molecule has 1 heterocycles. The number of halogens is 2. The molecule has 1 unspecified atom stereocenters. The van der Waals surface area contributed by atoms with Crippen molar-refractivity contribution in [3.63, 3.8) is 0 Å². The van der Waals surface area contributed by atoms with Gasteiger partial charge in [-0.25, -0.2) is 4.39 Å². The van der Waals surface area contributed by atoms with Crippen molar-refractivity contribution in [3.8, 4) is 11.3 Å². The fourth-order valence-electron chi connectivity index (χ4n) is 1.57. The van der Waals surface area contributed by atoms with E-state index >= 15 is 0 Å². The Balaban J connectivity index is 2.37. The monoisotopic (exact) mass is 346 g/mol. The lowest BCUT2D eigenvalue weighted by molar-refractivity contribution is 0.147. The first-order valence-corrected chi connectivity index (χ1v) is 6.43. The van der Waals surface area contributed by atoms with Crippen molar-refractivity contribution in [2.45, 2.75) is 19.4 Å². The van der Waals surface area contributed by atoms with Crippen LogP contribution in [0.4, 0.5) is 4.39 Å². The minimum Gasteiger partial charge on any atom is -0.458 e. The molecule has 0 bridgehead atoms. The van der Waals surface area contributed by atoms with Crippen molar-refractivity contribution in [2.75, 3.05) is 0 Å². The predicted octanol–water partition coefficient (Wildman–Crippen LogP) is 4.13. The Bertz CT molecular complexity index is 522. The topological polar surface area (TPSA) is 33.4 Å². The number of hydrogen-bond acceptors (Lipinski definition) is 2. The maximum Gasteiger partial charge on any atom is 0.135 e. The van der Waals surface area contributed by atoms with Gasteiger partial charge in [0.15, 0.2) is 0 Å². The second-order valence-corrected chi connectivity index (χ2v) is 4.91. The van der Waals surface area contributed by atoms with Crippen molar-refractivity contribution in [1.82, 2.24) is 0 Å². The van der Waals surface area contributed by atoms with Gasteiger partial charge in [0, 0.05) is 9.13 Å². The van der Waals surface area contributed by atoms with Crippen molar-refractivity contribution in [1.29, 1.82) is 0 Å². The molecule has 17 heavy (non-hydrogen) atoms. The quantitative estimate of drug-likeness (QED) is 0.848. The number of hydrogen-bond donors (Lipinski definition) is 1. The average molecular weight is 346 g/mol. The second kappa shape index (κ2) is 5.18. The van der Waals surface area contributed by atoms with E-state index in [0.29, 0.717) is 17.9 Å². The maximum absolute atomic E-state index is 13.0. The van der Waals surface area contributed by atoms with Crippen LogP contribution in [-0.4, -0.2) is 5.11 Å². The summed E-state index contributed by atoms with van der Waals surface area (Å²) in [5, 5.41) is 9.65. The number of furan rings is 1. The lowest BCUT2D eigenvalue weighted by Crippen LogP contribution is -1.91. The van der Waals surface area contributed by atoms with Gasteiger partial charge in [0.25, 0.3) is 0 Å². The molecule has 1 N–H and O–H groups in total. The van der Waals surface area contributed by atoms with Gasteiger partial charge in [-0.05, 0) is 59.3 Å². The lowest BCUT2D eigenvalue weighted by atomic mass is 10.2. The molecule has 0 amide bonds. The van der Waals surface area contributed by atoms with E-state index in [1.165, 1.54) is 12.1 Å². The normalized spacial score (nSPS) is 12.7. The molecule has 4 heteroatoms. The first-order chi connectivity index (χ1) is 8.11. The summed E-state index contributed by atoms with van der Waals surface area (Å²) in [6.45, 7) is 1.88. The minimum atomic E-state index is -0.582. The summed E-state index contributed by atoms with van der Waals surface area (Å²) in [6.07, 6.45) is 0.0230. The Kier molecular flexibility index (Phi) is 3.83. The number of benzene rings is 1. The molecular formula is C13H12FIO2. The van der Waals surface area contributed by atoms with Crippen LogP contribution in [0.15, 0.2) is 34.7 Å². The Morgan fingerprint density at radius 1 is 1.35 bits per heavy atom. The molecule has 0 fully saturated rings. The van der Waals surface area contributed by atoms with E-state index in [0.717, 1.165) is 9.13 Å². The standard InChI is InChI=1S/C13H12FIO2/c1-2-11(16)13-6-5-12(17-13)9-4-3-8(14)7-10(9)15/h3-7,11,16H,2H2,1H3. The molecule has 1 atom stereocenters. The third-order valence-corrected chi connectivity index (χ3v) is 3.43. The van der Waals surface area contributed by atoms with E-state index in [2.05, 4.69) is 22.6 Å². The predicted molar refractivity (Wildman–Crippen MR) is 72.1 cm³/mol. The Morgan fingerprint density at radius 3 is 2.76 bits per heavy atom. The number of aliphatic hydroxyl groups is 1. The molecule has 0 aliphatic carbocycles. The summed E-state index contributed by atoms with van der Waals surface area (Å²) in [5.41, 5.74) is 0.835. The first-order valence-electron chi connectivity index (χ1n) is 5.35. The SMILES string of the molecule is CCC(O)c1ccc(-c2ccc(F)cc2I)o1. The van der Waals surface area contributed by atoms with Crippen LogP contribution in [0.2, 0.25) is 0 Å². The molecule has 1 aromatic carbocycles. The maximum atomic E-state index is 13.0. The van der Waals surface area contributed by atoms with Gasteiger partial charge < -0.3 is 9.52 Å². The van der Waals surface area contributed by atoms with Crippen molar-refractivity contribution in [2.24, 2.45) is 0 Å². The largest absolute Gasteiger partial charge is 0.458 e. The summed E-state index contributed by atoms with van der Waals surface area (Å²) in [7, 11) is 0. The van der Waals surface area contributed by atoms with Gasteiger partial charge in [0.1, 0.15) is 23.4 Å². The Labute approximate surface area is 113 Å². The van der Waals surface area contributed by atoms with Crippen LogP contribution in [0.1, 0.15) is 25.2 Å². The zero-order valence-electron chi connectivity index (χ0n) is 9.28. The second-order valence-electron chi connectivity index (χ2n) is 3.75. The molecular weight excluding hydrogens is 334 g/mol. The third-order valence-electron chi connectivity index (χ3n) is 2.54. The Hall–Kier alpha value is -0.880. The van der Waals surface area contributed by atoms with E-state index < -0.39 is 6.10 Å². The summed E-state index contributed by atoms with van der Waals surface area (Å²) < 4.78 is 19.3. The smallest absolute Gasteiger partial charge is 0.135 e. The van der Waals surface area contributed by atoms with Gasteiger partial charge in [-0.2, -0.15) is 0 Å². The highest BCUT2D eigenvalue weighted by Crippen LogP contribution is 2.30. The van der Waals surface area contributed by atoms with E-state index in [1.807, 2.05) is 6.92 Å². The molecule has 0 aliphatic heterocycles. The minimum absolute atomic E-state index is 0.265. The average Bonchev–Trinajstić information content (AvgIpc) is 2.77. The zero-order valence-corrected chi connectivity index (χ0v) is 11.4. The Morgan fingerprint density at radius 2 is 2.12 bits per heavy atom. The van der Waals surface area contributed by atoms with Crippen molar-refractivity contribution in [3.05, 3.63) is 45.5 Å². The van der Waals surface area contributed by atoms with Gasteiger partial charge in [-0.1, -0.05) is 6.92 Å². The van der Waals surface area contributed by atoms with Crippen molar-refractivity contribution < 1.29 is 13.9 Å². The highest BCUT2D eigenvalue weighted by molar-refractivity contribution is 14.1. The van der Waals surface area contributed by atoms with Crippen LogP contribution in [0.3, 0.4) is 0 Å². The van der Waals surface area contributed by atoms with E-state index in [9.17, 15) is 9.50 Å². The molecule has 2 aromatic rings. The van der Waals surface area contributed by atoms with Gasteiger partial charge in [-0.15, -0.1) is 0 Å². The van der Waals surface area contributed by atoms with Gasteiger partial charge in [-0.3, -0.25) is 0 Å². The third kappa shape index (κ3) is 2.69. The summed E-state index contributed by atoms with van der Waals surface area (Å²) in [6, 6.07) is 8.08. The van der Waals surface area contributed by atoms with E-state index in [4.69, 9.17) is 4.42 Å². The van der Waals surface area contributed by atoms with E-state index in [-0.39, 0.29) is 5.82 Å². The molecule has 90 valence electrons. The molecule has 2 rings (SSSR count). The van der Waals surface area contributed by atoms with Gasteiger partial charge in [0.2, 0.25) is 0 Å². The molecule has 0 spiro atoms. The van der Waals surface area contributed by atoms with Crippen LogP contribution in [0, 0.1) is 9.39 Å². The summed E-state index contributed by atoms with van der Waals surface area (Å²) in [4.78, 5) is 0. The molecule has 2 nitrogen and oxygen atoms in total. The van der Waals surface area contributed by atoms with Crippen molar-refractivity contribution >= 4 is 22.6 Å². The highest BCUT2D eigenvalue weighted by atomic mass is 127. The summed E-state index contributed by atoms with van der Waals surface area (Å²) in [5.74, 6) is 0.929. The summed E-state index contributed by atoms with van der Waals surface area (Å²) >= 11 is 2.06. The molecule has 0 saturated carbocycles. The van der Waals surface area contributed by atoms with Crippen LogP contribution in [0.25, 0.3) is 11.3 Å². The zero-order chi connectivity index (χ0) is 12.4. The highest BCUT2D eigenvalue weighted by Gasteiger charge is 2.13. The van der Waals surface area contributed by atoms with Gasteiger partial charge in [0.05, 0.1) is 0 Å². The van der Waals surface area contributed by atoms with Gasteiger partial charge >= 0.3 is 0 Å². The van der Waals surface area contributed by atoms with Crippen LogP contribution >= 0.6 is 22.6 Å². The van der Waals surface area contributed by atoms with Crippen LogP contribution < -0.4 is 0 Å². The molecule has 0 radical (unpaired) electrons. The fraction of sp³-hybridized carbons (Fsp3) is 0.231. The first kappa shape index (κ1) is 12.6. The molecule has 1 aromatic heterocycles. The molecule has 0 saturated heterocycles. The van der Waals surface area contributed by atoms with E-state index in [1.54, 1.807) is 18.2 Å². The van der Waals surface area contributed by atoms with Crippen LogP contribution in [0.5, 0.6) is 0 Å². The fourth-order valence-corrected chi connectivity index (χ4v) is 2.31. The number of rotatable bonds is 3. The van der Waals surface area contributed by atoms with Crippen LogP contribution in [-0.2, 0) is 0 Å².